The molecule has 0 unspecified atom stereocenters. The molecule has 0 radical (unpaired) electrons. The SMILES string of the molecule is C[C@H](NC(=O)OC(C)(C)C)C(=O)SCC(=O)c1ccccc1. The van der Waals surface area contributed by atoms with Gasteiger partial charge in [0.25, 0.3) is 0 Å². The molecule has 1 atom stereocenters. The highest BCUT2D eigenvalue weighted by molar-refractivity contribution is 8.14. The lowest BCUT2D eigenvalue weighted by Gasteiger charge is -2.21. The molecule has 0 spiro atoms. The van der Waals surface area contributed by atoms with Crippen molar-refractivity contribution in [2.24, 2.45) is 0 Å². The predicted molar refractivity (Wildman–Crippen MR) is 87.1 cm³/mol. The van der Waals surface area contributed by atoms with Gasteiger partial charge in [0, 0.05) is 5.56 Å². The molecule has 0 aliphatic heterocycles. The van der Waals surface area contributed by atoms with E-state index in [-0.39, 0.29) is 16.7 Å². The van der Waals surface area contributed by atoms with Crippen LogP contribution in [-0.4, -0.2) is 34.4 Å². The van der Waals surface area contributed by atoms with Crippen LogP contribution in [0.15, 0.2) is 30.3 Å². The van der Waals surface area contributed by atoms with E-state index in [1.54, 1.807) is 52.0 Å². The minimum Gasteiger partial charge on any atom is -0.444 e. The zero-order valence-electron chi connectivity index (χ0n) is 13.2. The molecule has 0 saturated carbocycles. The van der Waals surface area contributed by atoms with Crippen LogP contribution in [0, 0.1) is 0 Å². The number of thioether (sulfide) groups is 1. The minimum atomic E-state index is -0.719. The smallest absolute Gasteiger partial charge is 0.408 e. The van der Waals surface area contributed by atoms with E-state index in [2.05, 4.69) is 5.32 Å². The van der Waals surface area contributed by atoms with Gasteiger partial charge >= 0.3 is 6.09 Å². The summed E-state index contributed by atoms with van der Waals surface area (Å²) in [5.41, 5.74) is -0.0564. The van der Waals surface area contributed by atoms with Crippen LogP contribution in [0.2, 0.25) is 0 Å². The zero-order chi connectivity index (χ0) is 16.8. The quantitative estimate of drug-likeness (QED) is 0.843. The molecule has 6 heteroatoms. The van der Waals surface area contributed by atoms with Crippen molar-refractivity contribution in [3.05, 3.63) is 35.9 Å². The third-order valence-electron chi connectivity index (χ3n) is 2.53. The Labute approximate surface area is 134 Å². The summed E-state index contributed by atoms with van der Waals surface area (Å²) in [4.78, 5) is 35.4. The number of carbonyl (C=O) groups excluding carboxylic acids is 3. The van der Waals surface area contributed by atoms with Crippen LogP contribution in [0.4, 0.5) is 4.79 Å². The molecule has 0 fully saturated rings. The Morgan fingerprint density at radius 1 is 1.18 bits per heavy atom. The second kappa shape index (κ2) is 7.98. The maximum absolute atomic E-state index is 11.9. The topological polar surface area (TPSA) is 72.5 Å². The summed E-state index contributed by atoms with van der Waals surface area (Å²) in [7, 11) is 0. The van der Waals surface area contributed by atoms with E-state index in [4.69, 9.17) is 4.74 Å². The number of carbonyl (C=O) groups is 3. The number of Topliss-reactive ketones (excluding diaryl/α,β-unsaturated/α-hetero) is 1. The van der Waals surface area contributed by atoms with E-state index < -0.39 is 17.7 Å². The molecular formula is C16H21NO4S. The summed E-state index contributed by atoms with van der Waals surface area (Å²) >= 11 is 0.889. The maximum Gasteiger partial charge on any atom is 0.408 e. The largest absolute Gasteiger partial charge is 0.444 e. The number of amides is 1. The number of hydrogen-bond acceptors (Lipinski definition) is 5. The van der Waals surface area contributed by atoms with Gasteiger partial charge in [0.2, 0.25) is 5.12 Å². The van der Waals surface area contributed by atoms with Gasteiger partial charge in [-0.3, -0.25) is 9.59 Å². The van der Waals surface area contributed by atoms with Gasteiger partial charge in [0.1, 0.15) is 5.60 Å². The first-order valence-electron chi connectivity index (χ1n) is 6.93. The highest BCUT2D eigenvalue weighted by atomic mass is 32.2. The van der Waals surface area contributed by atoms with E-state index in [0.717, 1.165) is 11.8 Å². The van der Waals surface area contributed by atoms with E-state index in [1.165, 1.54) is 0 Å². The van der Waals surface area contributed by atoms with Gasteiger partial charge in [-0.15, -0.1) is 0 Å². The van der Waals surface area contributed by atoms with Crippen molar-refractivity contribution in [3.63, 3.8) is 0 Å². The molecule has 5 nitrogen and oxygen atoms in total. The highest BCUT2D eigenvalue weighted by Crippen LogP contribution is 2.11. The molecule has 1 aromatic rings. The fourth-order valence-corrected chi connectivity index (χ4v) is 2.26. The van der Waals surface area contributed by atoms with Crippen LogP contribution < -0.4 is 5.32 Å². The number of alkyl carbamates (subject to hydrolysis) is 1. The fourth-order valence-electron chi connectivity index (χ4n) is 1.51. The number of nitrogens with one attached hydrogen (secondary N) is 1. The van der Waals surface area contributed by atoms with Crippen LogP contribution >= 0.6 is 11.8 Å². The van der Waals surface area contributed by atoms with Crippen molar-refractivity contribution in [1.82, 2.24) is 5.32 Å². The first-order chi connectivity index (χ1) is 10.2. The maximum atomic E-state index is 11.9. The van der Waals surface area contributed by atoms with E-state index in [9.17, 15) is 14.4 Å². The van der Waals surface area contributed by atoms with Crippen molar-refractivity contribution in [2.75, 3.05) is 5.75 Å². The molecule has 0 saturated heterocycles. The Kier molecular flexibility index (Phi) is 6.61. The summed E-state index contributed by atoms with van der Waals surface area (Å²) in [6.07, 6.45) is -0.650. The Hall–Kier alpha value is -1.82. The van der Waals surface area contributed by atoms with Crippen molar-refractivity contribution < 1.29 is 19.1 Å². The molecule has 0 aliphatic rings. The van der Waals surface area contributed by atoms with Crippen LogP contribution in [0.25, 0.3) is 0 Å². The van der Waals surface area contributed by atoms with Crippen LogP contribution in [-0.2, 0) is 9.53 Å². The molecule has 1 amide bonds. The number of ketones is 1. The van der Waals surface area contributed by atoms with Crippen LogP contribution in [0.5, 0.6) is 0 Å². The Morgan fingerprint density at radius 2 is 1.77 bits per heavy atom. The molecule has 1 rings (SSSR count). The summed E-state index contributed by atoms with van der Waals surface area (Å²) in [6.45, 7) is 6.79. The standard InChI is InChI=1S/C16H21NO4S/c1-11(17-15(20)21-16(2,3)4)14(19)22-10-13(18)12-8-6-5-7-9-12/h5-9,11H,10H2,1-4H3,(H,17,20)/t11-/m0/s1. The summed E-state index contributed by atoms with van der Waals surface area (Å²) < 4.78 is 5.07. The molecule has 0 bridgehead atoms. The van der Waals surface area contributed by atoms with Crippen molar-refractivity contribution >= 4 is 28.8 Å². The van der Waals surface area contributed by atoms with Gasteiger partial charge in [-0.05, 0) is 27.7 Å². The van der Waals surface area contributed by atoms with Crippen LogP contribution in [0.3, 0.4) is 0 Å². The number of hydrogen-bond donors (Lipinski definition) is 1. The summed E-state index contributed by atoms with van der Waals surface area (Å²) in [6, 6.07) is 8.05. The van der Waals surface area contributed by atoms with E-state index in [0.29, 0.717) is 5.56 Å². The molecule has 1 N–H and O–H groups in total. The average molecular weight is 323 g/mol. The third kappa shape index (κ3) is 6.76. The van der Waals surface area contributed by atoms with Crippen LogP contribution in [0.1, 0.15) is 38.1 Å². The molecule has 22 heavy (non-hydrogen) atoms. The zero-order valence-corrected chi connectivity index (χ0v) is 14.0. The van der Waals surface area contributed by atoms with E-state index in [1.807, 2.05) is 6.07 Å². The van der Waals surface area contributed by atoms with Gasteiger partial charge in [0.15, 0.2) is 5.78 Å². The van der Waals surface area contributed by atoms with Crippen molar-refractivity contribution in [1.29, 1.82) is 0 Å². The highest BCUT2D eigenvalue weighted by Gasteiger charge is 2.21. The number of benzene rings is 1. The summed E-state index contributed by atoms with van der Waals surface area (Å²) in [5, 5.41) is 2.17. The fraction of sp³-hybridized carbons (Fsp3) is 0.438. The van der Waals surface area contributed by atoms with Crippen molar-refractivity contribution in [2.45, 2.75) is 39.3 Å². The molecule has 0 aromatic heterocycles. The van der Waals surface area contributed by atoms with Gasteiger partial charge in [-0.2, -0.15) is 0 Å². The molecule has 0 aliphatic carbocycles. The Balaban J connectivity index is 2.42. The Bertz CT molecular complexity index is 537. The molecule has 1 aromatic carbocycles. The summed E-state index contributed by atoms with van der Waals surface area (Å²) in [5.74, 6) is -0.0770. The molecule has 120 valence electrons. The molecule has 0 heterocycles. The van der Waals surface area contributed by atoms with Gasteiger partial charge in [-0.1, -0.05) is 42.1 Å². The first kappa shape index (κ1) is 18.2. The van der Waals surface area contributed by atoms with Crippen molar-refractivity contribution in [3.8, 4) is 0 Å². The number of ether oxygens (including phenoxy) is 1. The van der Waals surface area contributed by atoms with E-state index >= 15 is 0 Å². The third-order valence-corrected chi connectivity index (χ3v) is 3.57. The lowest BCUT2D eigenvalue weighted by atomic mass is 10.2. The van der Waals surface area contributed by atoms with Gasteiger partial charge < -0.3 is 10.1 Å². The first-order valence-corrected chi connectivity index (χ1v) is 7.92. The monoisotopic (exact) mass is 323 g/mol. The normalized spacial score (nSPS) is 12.4. The second-order valence-electron chi connectivity index (χ2n) is 5.76. The van der Waals surface area contributed by atoms with Gasteiger partial charge in [-0.25, -0.2) is 4.79 Å². The second-order valence-corrected chi connectivity index (χ2v) is 6.74. The minimum absolute atomic E-state index is 0.0448. The lowest BCUT2D eigenvalue weighted by Crippen LogP contribution is -2.41. The number of rotatable bonds is 5. The Morgan fingerprint density at radius 3 is 2.32 bits per heavy atom. The average Bonchev–Trinajstić information content (AvgIpc) is 2.43. The van der Waals surface area contributed by atoms with Gasteiger partial charge in [0.05, 0.1) is 11.8 Å². The lowest BCUT2D eigenvalue weighted by molar-refractivity contribution is -0.112. The molecular weight excluding hydrogens is 302 g/mol. The predicted octanol–water partition coefficient (Wildman–Crippen LogP) is 3.04.